The number of nitrogens with zero attached hydrogens (tertiary/aromatic N) is 1. The van der Waals surface area contributed by atoms with E-state index in [0.717, 1.165) is 22.8 Å². The van der Waals surface area contributed by atoms with Gasteiger partial charge in [0, 0.05) is 6.04 Å². The van der Waals surface area contributed by atoms with Crippen molar-refractivity contribution in [1.82, 2.24) is 4.98 Å². The summed E-state index contributed by atoms with van der Waals surface area (Å²) in [6.07, 6.45) is 1.69. The van der Waals surface area contributed by atoms with E-state index in [0.29, 0.717) is 6.61 Å². The van der Waals surface area contributed by atoms with Gasteiger partial charge in [0.05, 0.1) is 19.0 Å². The second kappa shape index (κ2) is 6.20. The molecule has 0 aliphatic rings. The Hall–Kier alpha value is -2.07. The largest absolute Gasteiger partial charge is 0.497 e. The average Bonchev–Trinajstić information content (AvgIpc) is 2.46. The molecule has 0 radical (unpaired) electrons. The third-order valence-electron chi connectivity index (χ3n) is 2.77. The van der Waals surface area contributed by atoms with E-state index >= 15 is 0 Å². The molecule has 19 heavy (non-hydrogen) atoms. The monoisotopic (exact) mass is 258 g/mol. The van der Waals surface area contributed by atoms with Gasteiger partial charge >= 0.3 is 0 Å². The zero-order valence-corrected chi connectivity index (χ0v) is 11.2. The van der Waals surface area contributed by atoms with Gasteiger partial charge in [-0.25, -0.2) is 0 Å². The summed E-state index contributed by atoms with van der Waals surface area (Å²) in [4.78, 5) is 4.25. The highest BCUT2D eigenvalue weighted by Gasteiger charge is 2.02. The molecule has 0 fully saturated rings. The van der Waals surface area contributed by atoms with E-state index in [1.165, 1.54) is 0 Å². The number of aromatic nitrogens is 1. The lowest BCUT2D eigenvalue weighted by Crippen LogP contribution is -2.07. The molecule has 0 spiro atoms. The fraction of sp³-hybridized carbons (Fsp3) is 0.267. The molecule has 1 aromatic carbocycles. The summed E-state index contributed by atoms with van der Waals surface area (Å²) in [7, 11) is 1.65. The molecular weight excluding hydrogens is 240 g/mol. The maximum atomic E-state index is 5.74. The van der Waals surface area contributed by atoms with Crippen LogP contribution in [0.15, 0.2) is 42.6 Å². The summed E-state index contributed by atoms with van der Waals surface area (Å²) < 4.78 is 10.8. The summed E-state index contributed by atoms with van der Waals surface area (Å²) in [5, 5.41) is 0. The lowest BCUT2D eigenvalue weighted by Gasteiger charge is -2.09. The lowest BCUT2D eigenvalue weighted by atomic mass is 10.2. The molecule has 0 amide bonds. The first kappa shape index (κ1) is 13.4. The van der Waals surface area contributed by atoms with E-state index in [1.54, 1.807) is 13.3 Å². The molecule has 4 heteroatoms. The molecule has 1 atom stereocenters. The fourth-order valence-corrected chi connectivity index (χ4v) is 1.68. The molecule has 0 bridgehead atoms. The second-order valence-electron chi connectivity index (χ2n) is 4.35. The Labute approximate surface area is 113 Å². The first-order chi connectivity index (χ1) is 9.19. The van der Waals surface area contributed by atoms with E-state index in [2.05, 4.69) is 4.98 Å². The molecule has 0 aliphatic heterocycles. The van der Waals surface area contributed by atoms with Gasteiger partial charge in [0.1, 0.15) is 18.1 Å². The van der Waals surface area contributed by atoms with Gasteiger partial charge in [-0.05, 0) is 36.8 Å². The minimum absolute atomic E-state index is 0.0626. The third kappa shape index (κ3) is 3.69. The topological polar surface area (TPSA) is 57.4 Å². The molecule has 1 heterocycles. The number of ether oxygens (including phenoxy) is 2. The van der Waals surface area contributed by atoms with Crippen LogP contribution >= 0.6 is 0 Å². The van der Waals surface area contributed by atoms with Gasteiger partial charge in [-0.15, -0.1) is 0 Å². The van der Waals surface area contributed by atoms with E-state index in [4.69, 9.17) is 15.2 Å². The molecule has 0 saturated heterocycles. The molecule has 0 aliphatic carbocycles. The van der Waals surface area contributed by atoms with Crippen LogP contribution in [0.1, 0.15) is 24.2 Å². The Bertz CT molecular complexity index is 524. The molecule has 2 N–H and O–H groups in total. The minimum atomic E-state index is -0.0626. The first-order valence-electron chi connectivity index (χ1n) is 6.16. The van der Waals surface area contributed by atoms with E-state index in [9.17, 15) is 0 Å². The summed E-state index contributed by atoms with van der Waals surface area (Å²) in [6, 6.07) is 11.5. The first-order valence-corrected chi connectivity index (χ1v) is 6.16. The Morgan fingerprint density at radius 2 is 2.05 bits per heavy atom. The number of nitrogens with two attached hydrogens (primary N) is 1. The minimum Gasteiger partial charge on any atom is -0.497 e. The van der Waals surface area contributed by atoms with Crippen molar-refractivity contribution in [3.05, 3.63) is 53.9 Å². The van der Waals surface area contributed by atoms with Gasteiger partial charge in [-0.2, -0.15) is 0 Å². The Morgan fingerprint density at radius 3 is 2.68 bits per heavy atom. The second-order valence-corrected chi connectivity index (χ2v) is 4.35. The normalized spacial score (nSPS) is 11.9. The molecular formula is C15H18N2O2. The standard InChI is InChI=1S/C15H18N2O2/c1-11(16)15-7-6-14(9-17-15)19-10-12-4-3-5-13(8-12)18-2/h3-9,11H,10,16H2,1-2H3/t11-/m0/s1. The zero-order chi connectivity index (χ0) is 13.7. The van der Waals surface area contributed by atoms with Gasteiger partial charge in [0.25, 0.3) is 0 Å². The smallest absolute Gasteiger partial charge is 0.138 e. The number of rotatable bonds is 5. The van der Waals surface area contributed by atoms with Crippen molar-refractivity contribution in [3.63, 3.8) is 0 Å². The predicted octanol–water partition coefficient (Wildman–Crippen LogP) is 2.69. The van der Waals surface area contributed by atoms with E-state index in [-0.39, 0.29) is 6.04 Å². The molecule has 4 nitrogen and oxygen atoms in total. The summed E-state index contributed by atoms with van der Waals surface area (Å²) >= 11 is 0. The van der Waals surface area contributed by atoms with Crippen molar-refractivity contribution >= 4 is 0 Å². The van der Waals surface area contributed by atoms with Crippen LogP contribution in [0.4, 0.5) is 0 Å². The molecule has 0 saturated carbocycles. The Morgan fingerprint density at radius 1 is 1.21 bits per heavy atom. The van der Waals surface area contributed by atoms with Crippen LogP contribution in [0, 0.1) is 0 Å². The molecule has 0 unspecified atom stereocenters. The number of benzene rings is 1. The van der Waals surface area contributed by atoms with Gasteiger partial charge in [0.2, 0.25) is 0 Å². The van der Waals surface area contributed by atoms with Gasteiger partial charge in [0.15, 0.2) is 0 Å². The van der Waals surface area contributed by atoms with E-state index in [1.807, 2.05) is 43.3 Å². The van der Waals surface area contributed by atoms with Crippen LogP contribution in [-0.2, 0) is 6.61 Å². The van der Waals surface area contributed by atoms with Crippen molar-refractivity contribution in [2.24, 2.45) is 5.73 Å². The lowest BCUT2D eigenvalue weighted by molar-refractivity contribution is 0.303. The van der Waals surface area contributed by atoms with E-state index < -0.39 is 0 Å². The highest BCUT2D eigenvalue weighted by Crippen LogP contribution is 2.17. The van der Waals surface area contributed by atoms with Gasteiger partial charge in [-0.3, -0.25) is 4.98 Å². The van der Waals surface area contributed by atoms with Crippen LogP contribution in [0.3, 0.4) is 0 Å². The SMILES string of the molecule is COc1cccc(COc2ccc([C@H](C)N)nc2)c1. The maximum absolute atomic E-state index is 5.74. The van der Waals surface area contributed by atoms with Crippen molar-refractivity contribution in [3.8, 4) is 11.5 Å². The predicted molar refractivity (Wildman–Crippen MR) is 74.2 cm³/mol. The summed E-state index contributed by atoms with van der Waals surface area (Å²) in [6.45, 7) is 2.38. The third-order valence-corrected chi connectivity index (χ3v) is 2.77. The van der Waals surface area contributed by atoms with Crippen LogP contribution in [0.25, 0.3) is 0 Å². The average molecular weight is 258 g/mol. The zero-order valence-electron chi connectivity index (χ0n) is 11.2. The number of hydrogen-bond acceptors (Lipinski definition) is 4. The van der Waals surface area contributed by atoms with Crippen LogP contribution in [0.2, 0.25) is 0 Å². The number of hydrogen-bond donors (Lipinski definition) is 1. The molecule has 2 aromatic rings. The highest BCUT2D eigenvalue weighted by molar-refractivity contribution is 5.28. The van der Waals surface area contributed by atoms with Crippen LogP contribution in [0.5, 0.6) is 11.5 Å². The molecule has 2 rings (SSSR count). The van der Waals surface area contributed by atoms with Crippen molar-refractivity contribution in [2.75, 3.05) is 7.11 Å². The quantitative estimate of drug-likeness (QED) is 0.895. The number of pyridine rings is 1. The van der Waals surface area contributed by atoms with Crippen molar-refractivity contribution in [2.45, 2.75) is 19.6 Å². The molecule has 100 valence electrons. The van der Waals surface area contributed by atoms with Gasteiger partial charge in [-0.1, -0.05) is 12.1 Å². The fourth-order valence-electron chi connectivity index (χ4n) is 1.68. The summed E-state index contributed by atoms with van der Waals surface area (Å²) in [5.41, 5.74) is 7.65. The Balaban J connectivity index is 1.98. The molecule has 1 aromatic heterocycles. The van der Waals surface area contributed by atoms with Crippen molar-refractivity contribution < 1.29 is 9.47 Å². The van der Waals surface area contributed by atoms with Crippen molar-refractivity contribution in [1.29, 1.82) is 0 Å². The Kier molecular flexibility index (Phi) is 4.36. The number of methoxy groups -OCH3 is 1. The van der Waals surface area contributed by atoms with Gasteiger partial charge < -0.3 is 15.2 Å². The van der Waals surface area contributed by atoms with Crippen LogP contribution < -0.4 is 15.2 Å². The highest BCUT2D eigenvalue weighted by atomic mass is 16.5. The van der Waals surface area contributed by atoms with Crippen LogP contribution in [-0.4, -0.2) is 12.1 Å². The maximum Gasteiger partial charge on any atom is 0.138 e. The summed E-state index contributed by atoms with van der Waals surface area (Å²) in [5.74, 6) is 1.55.